The highest BCUT2D eigenvalue weighted by molar-refractivity contribution is 8.07. The van der Waals surface area contributed by atoms with E-state index in [0.717, 1.165) is 16.9 Å². The van der Waals surface area contributed by atoms with E-state index >= 15 is 0 Å². The Morgan fingerprint density at radius 2 is 1.32 bits per heavy atom. The van der Waals surface area contributed by atoms with E-state index in [-0.39, 0.29) is 5.97 Å². The minimum Gasteiger partial charge on any atom is -0.469 e. The first-order valence-electron chi connectivity index (χ1n) is 9.50. The molecular formula is C19H36O2S. The van der Waals surface area contributed by atoms with Crippen LogP contribution in [0.3, 0.4) is 0 Å². The molecule has 0 saturated carbocycles. The zero-order chi connectivity index (χ0) is 16.0. The molecule has 1 rings (SSSR count). The second-order valence-electron chi connectivity index (χ2n) is 6.65. The third-order valence-corrected chi connectivity index (χ3v) is 6.14. The smallest absolute Gasteiger partial charge is 0.305 e. The molecule has 0 radical (unpaired) electrons. The average Bonchev–Trinajstić information content (AvgIpc) is 3.28. The fourth-order valence-electron chi connectivity index (χ4n) is 3.06. The quantitative estimate of drug-likeness (QED) is 0.206. The fraction of sp³-hybridized carbons (Fsp3) is 0.947. The van der Waals surface area contributed by atoms with Crippen LogP contribution in [-0.2, 0) is 9.53 Å². The van der Waals surface area contributed by atoms with E-state index < -0.39 is 0 Å². The van der Waals surface area contributed by atoms with Crippen molar-refractivity contribution in [3.63, 3.8) is 0 Å². The summed E-state index contributed by atoms with van der Waals surface area (Å²) in [5.41, 5.74) is 0. The van der Waals surface area contributed by atoms with Crippen molar-refractivity contribution in [2.75, 3.05) is 7.11 Å². The molecular weight excluding hydrogens is 292 g/mol. The van der Waals surface area contributed by atoms with Crippen molar-refractivity contribution in [3.8, 4) is 0 Å². The van der Waals surface area contributed by atoms with Gasteiger partial charge in [0, 0.05) is 16.9 Å². The van der Waals surface area contributed by atoms with Crippen LogP contribution in [0.25, 0.3) is 0 Å². The normalized spacial score (nSPS) is 20.1. The number of carbonyl (C=O) groups excluding carboxylic acids is 1. The molecule has 3 heteroatoms. The van der Waals surface area contributed by atoms with Crippen molar-refractivity contribution in [2.45, 2.75) is 107 Å². The van der Waals surface area contributed by atoms with Crippen LogP contribution in [0.5, 0.6) is 0 Å². The van der Waals surface area contributed by atoms with Gasteiger partial charge in [-0.2, -0.15) is 11.8 Å². The summed E-state index contributed by atoms with van der Waals surface area (Å²) in [6.07, 6.45) is 18.3. The van der Waals surface area contributed by atoms with E-state index in [0.29, 0.717) is 6.42 Å². The first-order valence-corrected chi connectivity index (χ1v) is 10.4. The summed E-state index contributed by atoms with van der Waals surface area (Å²) in [5, 5.41) is 1.83. The Kier molecular flexibility index (Phi) is 12.0. The summed E-state index contributed by atoms with van der Waals surface area (Å²) in [6.45, 7) is 2.28. The van der Waals surface area contributed by atoms with Gasteiger partial charge in [0.05, 0.1) is 7.11 Å². The number of ether oxygens (including phenoxy) is 1. The van der Waals surface area contributed by atoms with Gasteiger partial charge in [-0.05, 0) is 19.3 Å². The zero-order valence-corrected chi connectivity index (χ0v) is 15.6. The zero-order valence-electron chi connectivity index (χ0n) is 14.8. The van der Waals surface area contributed by atoms with E-state index in [1.807, 2.05) is 0 Å². The lowest BCUT2D eigenvalue weighted by Gasteiger charge is -2.02. The molecule has 2 atom stereocenters. The summed E-state index contributed by atoms with van der Waals surface area (Å²) in [6, 6.07) is 0. The van der Waals surface area contributed by atoms with Crippen LogP contribution in [0.4, 0.5) is 0 Å². The third kappa shape index (κ3) is 10.5. The van der Waals surface area contributed by atoms with Gasteiger partial charge in [0.15, 0.2) is 0 Å². The molecule has 1 aliphatic heterocycles. The van der Waals surface area contributed by atoms with Crippen LogP contribution >= 0.6 is 11.8 Å². The van der Waals surface area contributed by atoms with Gasteiger partial charge in [-0.1, -0.05) is 71.1 Å². The molecule has 130 valence electrons. The molecule has 0 N–H and O–H groups in total. The fourth-order valence-corrected chi connectivity index (χ4v) is 4.30. The third-order valence-electron chi connectivity index (χ3n) is 4.63. The maximum atomic E-state index is 11.0. The molecule has 1 aliphatic rings. The maximum Gasteiger partial charge on any atom is 0.305 e. The van der Waals surface area contributed by atoms with Crippen LogP contribution in [0.2, 0.25) is 0 Å². The Balaban J connectivity index is 1.77. The molecule has 0 aromatic carbocycles. The van der Waals surface area contributed by atoms with Crippen LogP contribution in [-0.4, -0.2) is 23.6 Å². The molecule has 0 aromatic heterocycles. The highest BCUT2D eigenvalue weighted by Crippen LogP contribution is 2.47. The van der Waals surface area contributed by atoms with Crippen LogP contribution < -0.4 is 0 Å². The summed E-state index contributed by atoms with van der Waals surface area (Å²) in [5.74, 6) is -0.0605. The number of unbranched alkanes of at least 4 members (excludes halogenated alkanes) is 9. The SMILES string of the molecule is CCCCCCCCCCC[C@@H]1S[C@@H]1CCCCC(=O)OC. The molecule has 1 saturated heterocycles. The van der Waals surface area contributed by atoms with Gasteiger partial charge in [-0.25, -0.2) is 0 Å². The number of carbonyl (C=O) groups is 1. The van der Waals surface area contributed by atoms with Crippen molar-refractivity contribution in [1.82, 2.24) is 0 Å². The van der Waals surface area contributed by atoms with Gasteiger partial charge in [-0.15, -0.1) is 0 Å². The first kappa shape index (κ1) is 19.9. The van der Waals surface area contributed by atoms with Crippen LogP contribution in [0.15, 0.2) is 0 Å². The Labute approximate surface area is 142 Å². The van der Waals surface area contributed by atoms with Gasteiger partial charge in [0.25, 0.3) is 0 Å². The highest BCUT2D eigenvalue weighted by atomic mass is 32.2. The maximum absolute atomic E-state index is 11.0. The highest BCUT2D eigenvalue weighted by Gasteiger charge is 2.36. The Morgan fingerprint density at radius 3 is 1.86 bits per heavy atom. The topological polar surface area (TPSA) is 26.3 Å². The summed E-state index contributed by atoms with van der Waals surface area (Å²) in [4.78, 5) is 11.0. The van der Waals surface area contributed by atoms with Gasteiger partial charge in [0.2, 0.25) is 0 Å². The van der Waals surface area contributed by atoms with Crippen LogP contribution in [0.1, 0.15) is 96.8 Å². The minimum absolute atomic E-state index is 0.0605. The summed E-state index contributed by atoms with van der Waals surface area (Å²) < 4.78 is 4.66. The van der Waals surface area contributed by atoms with E-state index in [1.165, 1.54) is 84.2 Å². The van der Waals surface area contributed by atoms with E-state index in [4.69, 9.17) is 0 Å². The largest absolute Gasteiger partial charge is 0.469 e. The molecule has 22 heavy (non-hydrogen) atoms. The Bertz CT molecular complexity index is 281. The molecule has 0 spiro atoms. The van der Waals surface area contributed by atoms with Crippen molar-refractivity contribution >= 4 is 17.7 Å². The average molecular weight is 329 g/mol. The summed E-state index contributed by atoms with van der Waals surface area (Å²) in [7, 11) is 1.47. The standard InChI is InChI=1S/C19H36O2S/c1-3-4-5-6-7-8-9-10-11-14-17-18(22-17)15-12-13-16-19(20)21-2/h17-18H,3-16H2,1-2H3/t17-,18+/m0/s1. The lowest BCUT2D eigenvalue weighted by Crippen LogP contribution is -2.00. The minimum atomic E-state index is -0.0605. The van der Waals surface area contributed by atoms with E-state index in [1.54, 1.807) is 0 Å². The van der Waals surface area contributed by atoms with Crippen molar-refractivity contribution in [1.29, 1.82) is 0 Å². The Hall–Kier alpha value is -0.180. The number of rotatable bonds is 15. The molecule has 0 aliphatic carbocycles. The predicted molar refractivity (Wildman–Crippen MR) is 97.5 cm³/mol. The van der Waals surface area contributed by atoms with Crippen molar-refractivity contribution < 1.29 is 9.53 Å². The number of methoxy groups -OCH3 is 1. The van der Waals surface area contributed by atoms with Gasteiger partial charge < -0.3 is 4.74 Å². The van der Waals surface area contributed by atoms with Gasteiger partial charge in [0.1, 0.15) is 0 Å². The lowest BCUT2D eigenvalue weighted by molar-refractivity contribution is -0.140. The summed E-state index contributed by atoms with van der Waals surface area (Å²) >= 11 is 2.16. The number of hydrogen-bond acceptors (Lipinski definition) is 3. The molecule has 0 unspecified atom stereocenters. The lowest BCUT2D eigenvalue weighted by atomic mass is 10.0. The van der Waals surface area contributed by atoms with Gasteiger partial charge in [-0.3, -0.25) is 4.79 Å². The number of thioether (sulfide) groups is 1. The molecule has 1 fully saturated rings. The van der Waals surface area contributed by atoms with E-state index in [2.05, 4.69) is 23.4 Å². The van der Waals surface area contributed by atoms with Crippen LogP contribution in [0, 0.1) is 0 Å². The van der Waals surface area contributed by atoms with Crippen molar-refractivity contribution in [3.05, 3.63) is 0 Å². The van der Waals surface area contributed by atoms with E-state index in [9.17, 15) is 4.79 Å². The molecule has 0 bridgehead atoms. The molecule has 2 nitrogen and oxygen atoms in total. The second-order valence-corrected chi connectivity index (χ2v) is 8.14. The predicted octanol–water partition coefficient (Wildman–Crippen LogP) is 6.12. The number of esters is 1. The van der Waals surface area contributed by atoms with Gasteiger partial charge >= 0.3 is 5.97 Å². The molecule has 0 amide bonds. The second kappa shape index (κ2) is 13.3. The number of hydrogen-bond donors (Lipinski definition) is 0. The first-order chi connectivity index (χ1) is 10.8. The Morgan fingerprint density at radius 1 is 0.818 bits per heavy atom. The molecule has 1 heterocycles. The molecule has 0 aromatic rings. The monoisotopic (exact) mass is 328 g/mol. The van der Waals surface area contributed by atoms with Crippen molar-refractivity contribution in [2.24, 2.45) is 0 Å².